The second-order valence-corrected chi connectivity index (χ2v) is 12.3. The Balaban J connectivity index is 0.00000420. The van der Waals surface area contributed by atoms with E-state index in [2.05, 4.69) is 52.1 Å². The van der Waals surface area contributed by atoms with Gasteiger partial charge in [-0.05, 0) is 6.42 Å². The van der Waals surface area contributed by atoms with Crippen LogP contribution in [0.3, 0.4) is 0 Å². The minimum absolute atomic E-state index is 0. The zero-order valence-electron chi connectivity index (χ0n) is 18.7. The lowest BCUT2D eigenvalue weighted by atomic mass is 10.0. The van der Waals surface area contributed by atoms with Crippen molar-refractivity contribution in [1.82, 2.24) is 0 Å². The van der Waals surface area contributed by atoms with Gasteiger partial charge in [0.15, 0.2) is 12.7 Å². The lowest BCUT2D eigenvalue weighted by Crippen LogP contribution is -3.00. The van der Waals surface area contributed by atoms with Crippen LogP contribution in [0.5, 0.6) is 0 Å². The monoisotopic (exact) mass is 521 g/mol. The Bertz CT molecular complexity index is 455. The summed E-state index contributed by atoms with van der Waals surface area (Å²) in [6.45, 7) is 3.51. The third kappa shape index (κ3) is 14.5. The maximum Gasteiger partial charge on any atom is 0.224 e. The molecule has 0 bridgehead atoms. The minimum atomic E-state index is 0. The van der Waals surface area contributed by atoms with Crippen molar-refractivity contribution in [3.05, 3.63) is 17.1 Å². The zero-order chi connectivity index (χ0) is 19.7. The van der Waals surface area contributed by atoms with Crippen molar-refractivity contribution in [3.8, 4) is 0 Å². The van der Waals surface area contributed by atoms with Crippen LogP contribution in [0.1, 0.15) is 110 Å². The fourth-order valence-electron chi connectivity index (χ4n) is 4.04. The van der Waals surface area contributed by atoms with Crippen molar-refractivity contribution in [2.24, 2.45) is 0 Å². The van der Waals surface area contributed by atoms with Gasteiger partial charge in [-0.2, -0.15) is 4.57 Å². The van der Waals surface area contributed by atoms with Gasteiger partial charge < -0.3 is 17.0 Å². The van der Waals surface area contributed by atoms with Crippen LogP contribution in [-0.2, 0) is 6.54 Å². The van der Waals surface area contributed by atoms with Crippen LogP contribution in [0.15, 0.2) is 17.1 Å². The molecule has 0 N–H and O–H groups in total. The fourth-order valence-corrected chi connectivity index (χ4v) is 8.08. The number of aromatic nitrogens is 1. The number of thioether (sulfide) groups is 2. The van der Waals surface area contributed by atoms with Crippen molar-refractivity contribution >= 4 is 34.9 Å². The van der Waals surface area contributed by atoms with E-state index < -0.39 is 0 Å². The van der Waals surface area contributed by atoms with E-state index >= 15 is 0 Å². The molecule has 1 aromatic rings. The summed E-state index contributed by atoms with van der Waals surface area (Å²) in [5, 5.41) is 3.01. The maximum absolute atomic E-state index is 2.36. The molecule has 0 radical (unpaired) electrons. The number of thiazole rings is 1. The molecular weight excluding hydrogens is 478 g/mol. The molecule has 5 heteroatoms. The summed E-state index contributed by atoms with van der Waals surface area (Å²) >= 11 is 6.26. The Labute approximate surface area is 204 Å². The molecule has 0 amide bonds. The Hall–Kier alpha value is 0.810. The topological polar surface area (TPSA) is 3.88 Å². The molecule has 29 heavy (non-hydrogen) atoms. The number of hydrogen-bond acceptors (Lipinski definition) is 3. The lowest BCUT2D eigenvalue weighted by Gasteiger charge is -2.08. The van der Waals surface area contributed by atoms with Crippen LogP contribution in [0.2, 0.25) is 0 Å². The zero-order valence-corrected chi connectivity index (χ0v) is 22.7. The van der Waals surface area contributed by atoms with Gasteiger partial charge in [0.2, 0.25) is 5.51 Å². The molecule has 2 unspecified atom stereocenters. The summed E-state index contributed by atoms with van der Waals surface area (Å²) in [7, 11) is 0. The first-order valence-electron chi connectivity index (χ1n) is 12.1. The first-order chi connectivity index (χ1) is 13.9. The predicted octanol–water partition coefficient (Wildman–Crippen LogP) is 5.48. The second-order valence-electron chi connectivity index (χ2n) is 8.48. The summed E-state index contributed by atoms with van der Waals surface area (Å²) in [6.07, 6.45) is 25.6. The van der Waals surface area contributed by atoms with Gasteiger partial charge in [0, 0.05) is 5.75 Å². The molecule has 0 aliphatic carbocycles. The molecule has 1 aliphatic rings. The van der Waals surface area contributed by atoms with Gasteiger partial charge in [-0.15, -0.1) is 23.5 Å². The van der Waals surface area contributed by atoms with Crippen LogP contribution in [0, 0.1) is 0 Å². The molecule has 170 valence electrons. The van der Waals surface area contributed by atoms with Crippen LogP contribution in [0.4, 0.5) is 0 Å². The quantitative estimate of drug-likeness (QED) is 0.186. The molecule has 1 saturated heterocycles. The van der Waals surface area contributed by atoms with Crippen molar-refractivity contribution in [3.63, 3.8) is 0 Å². The van der Waals surface area contributed by atoms with E-state index in [4.69, 9.17) is 0 Å². The van der Waals surface area contributed by atoms with Gasteiger partial charge in [0.25, 0.3) is 0 Å². The second kappa shape index (κ2) is 19.5. The van der Waals surface area contributed by atoms with Gasteiger partial charge in [-0.25, -0.2) is 0 Å². The maximum atomic E-state index is 2.36. The molecule has 1 aliphatic heterocycles. The van der Waals surface area contributed by atoms with Crippen molar-refractivity contribution in [1.29, 1.82) is 0 Å². The van der Waals surface area contributed by atoms with Gasteiger partial charge in [-0.1, -0.05) is 115 Å². The lowest BCUT2D eigenvalue weighted by molar-refractivity contribution is -0.690. The minimum Gasteiger partial charge on any atom is -1.00 e. The van der Waals surface area contributed by atoms with Gasteiger partial charge in [0.05, 0.1) is 15.2 Å². The van der Waals surface area contributed by atoms with E-state index in [-0.39, 0.29) is 17.0 Å². The average molecular weight is 523 g/mol. The first-order valence-corrected chi connectivity index (χ1v) is 15.0. The molecule has 2 rings (SSSR count). The third-order valence-electron chi connectivity index (χ3n) is 5.80. The first kappa shape index (κ1) is 27.8. The highest BCUT2D eigenvalue weighted by molar-refractivity contribution is 8.20. The molecule has 1 nitrogen and oxygen atoms in total. The van der Waals surface area contributed by atoms with Crippen LogP contribution in [0.25, 0.3) is 0 Å². The normalized spacial score (nSPS) is 18.8. The molecule has 0 saturated carbocycles. The molecule has 0 aromatic carbocycles. The van der Waals surface area contributed by atoms with E-state index in [1.165, 1.54) is 115 Å². The van der Waals surface area contributed by atoms with Gasteiger partial charge in [0.1, 0.15) is 0 Å². The highest BCUT2D eigenvalue weighted by Crippen LogP contribution is 2.40. The standard InChI is InChI=1S/C24H44NS3.BrH/c1-2-3-4-5-6-7-8-9-10-11-12-13-14-15-16-17-24-27-21-23(28-24)20-25-18-19-26-22-25;/h18-19,22-24H,2-17,20-21H2,1H3;1H/q+1;/p-1. The highest BCUT2D eigenvalue weighted by Gasteiger charge is 2.28. The number of rotatable bonds is 18. The van der Waals surface area contributed by atoms with E-state index in [1.807, 2.05) is 0 Å². The Morgan fingerprint density at radius 1 is 0.793 bits per heavy atom. The summed E-state index contributed by atoms with van der Waals surface area (Å²) in [5.41, 5.74) is 2.24. The van der Waals surface area contributed by atoms with E-state index in [0.717, 1.165) is 9.83 Å². The number of unbranched alkanes of at least 4 members (excludes halogenated alkanes) is 14. The fraction of sp³-hybridized carbons (Fsp3) is 0.875. The van der Waals surface area contributed by atoms with E-state index in [1.54, 1.807) is 11.3 Å². The van der Waals surface area contributed by atoms with Crippen molar-refractivity contribution < 1.29 is 21.5 Å². The Kier molecular flexibility index (Phi) is 18.7. The predicted molar refractivity (Wildman–Crippen MR) is 132 cm³/mol. The molecule has 2 heterocycles. The summed E-state index contributed by atoms with van der Waals surface area (Å²) in [5.74, 6) is 1.34. The molecule has 1 fully saturated rings. The van der Waals surface area contributed by atoms with Gasteiger partial charge >= 0.3 is 0 Å². The average Bonchev–Trinajstić information content (AvgIpc) is 3.37. The van der Waals surface area contributed by atoms with E-state index in [0.29, 0.717) is 0 Å². The largest absolute Gasteiger partial charge is 1.00 e. The summed E-state index contributed by atoms with van der Waals surface area (Å²) < 4.78 is 3.23. The summed E-state index contributed by atoms with van der Waals surface area (Å²) in [6, 6.07) is 0. The van der Waals surface area contributed by atoms with Crippen LogP contribution in [-0.4, -0.2) is 15.6 Å². The van der Waals surface area contributed by atoms with Crippen molar-refractivity contribution in [2.45, 2.75) is 126 Å². The molecular formula is C24H44BrNS3. The number of halogens is 1. The Morgan fingerprint density at radius 3 is 1.86 bits per heavy atom. The molecule has 0 spiro atoms. The van der Waals surface area contributed by atoms with Gasteiger partial charge in [-0.3, -0.25) is 0 Å². The molecule has 2 atom stereocenters. The third-order valence-corrected chi connectivity index (χ3v) is 9.86. The smallest absolute Gasteiger partial charge is 0.224 e. The van der Waals surface area contributed by atoms with Crippen LogP contribution < -0.4 is 21.5 Å². The molecule has 1 aromatic heterocycles. The Morgan fingerprint density at radius 2 is 1.34 bits per heavy atom. The van der Waals surface area contributed by atoms with Crippen LogP contribution >= 0.6 is 34.9 Å². The summed E-state index contributed by atoms with van der Waals surface area (Å²) in [4.78, 5) is 0. The SMILES string of the molecule is CCCCCCCCCCCCCCCCCC1SCC(C[n+]2ccsc2)S1.[Br-]. The number of nitrogens with zero attached hydrogens (tertiary/aromatic N) is 1. The highest BCUT2D eigenvalue weighted by atomic mass is 79.9. The van der Waals surface area contributed by atoms with Crippen molar-refractivity contribution in [2.75, 3.05) is 5.75 Å². The van der Waals surface area contributed by atoms with E-state index in [9.17, 15) is 0 Å². The number of hydrogen-bond donors (Lipinski definition) is 0.